The zero-order valence-corrected chi connectivity index (χ0v) is 10.9. The van der Waals surface area contributed by atoms with E-state index in [1.807, 2.05) is 0 Å². The zero-order chi connectivity index (χ0) is 13.8. The minimum atomic E-state index is -0.637. The van der Waals surface area contributed by atoms with Crippen LogP contribution in [0.4, 0.5) is 15.9 Å². The second-order valence-corrected chi connectivity index (χ2v) is 3.71. The van der Waals surface area contributed by atoms with Crippen LogP contribution in [0, 0.1) is 5.82 Å². The van der Waals surface area contributed by atoms with Crippen molar-refractivity contribution in [3.8, 4) is 11.8 Å². The minimum absolute atomic E-state index is 0.0646. The van der Waals surface area contributed by atoms with Crippen LogP contribution in [0.1, 0.15) is 0 Å². The summed E-state index contributed by atoms with van der Waals surface area (Å²) in [6, 6.07) is 3.23. The highest BCUT2D eigenvalue weighted by Gasteiger charge is 2.11. The summed E-state index contributed by atoms with van der Waals surface area (Å²) in [5.74, 6) is -0.0791. The molecule has 0 saturated carbocycles. The molecule has 0 aliphatic carbocycles. The molecule has 19 heavy (non-hydrogen) atoms. The minimum Gasteiger partial charge on any atom is -0.481 e. The van der Waals surface area contributed by atoms with Crippen LogP contribution < -0.4 is 14.8 Å². The van der Waals surface area contributed by atoms with Crippen LogP contribution in [0.15, 0.2) is 18.3 Å². The Morgan fingerprint density at radius 2 is 2.00 bits per heavy atom. The van der Waals surface area contributed by atoms with Gasteiger partial charge >= 0.3 is 0 Å². The van der Waals surface area contributed by atoms with Crippen LogP contribution in [0.5, 0.6) is 11.8 Å². The van der Waals surface area contributed by atoms with Crippen LogP contribution >= 0.6 is 11.6 Å². The topological polar surface area (TPSA) is 69.2 Å². The lowest BCUT2D eigenvalue weighted by Gasteiger charge is -2.11. The maximum atomic E-state index is 13.5. The Labute approximate surface area is 113 Å². The van der Waals surface area contributed by atoms with Crippen molar-refractivity contribution in [1.82, 2.24) is 15.0 Å². The average molecular weight is 285 g/mol. The van der Waals surface area contributed by atoms with E-state index in [9.17, 15) is 4.39 Å². The molecule has 0 aliphatic heterocycles. The number of ether oxygens (including phenoxy) is 2. The molecule has 2 aromatic rings. The molecule has 8 heteroatoms. The maximum absolute atomic E-state index is 13.5. The van der Waals surface area contributed by atoms with Gasteiger partial charge in [0, 0.05) is 6.07 Å². The van der Waals surface area contributed by atoms with Crippen molar-refractivity contribution in [2.24, 2.45) is 0 Å². The third-order valence-corrected chi connectivity index (χ3v) is 2.39. The molecule has 0 atom stereocenters. The number of anilines is 2. The third-order valence-electron chi connectivity index (χ3n) is 2.20. The molecular formula is C11H10ClFN4O2. The van der Waals surface area contributed by atoms with Gasteiger partial charge in [-0.3, -0.25) is 0 Å². The standard InChI is InChI=1S/C11H10ClFN4O2/c1-18-8-4-3-7(10(16-8)19-2)15-9-6(13)5-14-11(12)17-9/h3-5H,1-2H3,(H,14,15,17). The molecule has 0 aromatic carbocycles. The second kappa shape index (κ2) is 5.66. The maximum Gasteiger partial charge on any atom is 0.240 e. The molecule has 0 unspecified atom stereocenters. The molecule has 0 amide bonds. The first-order chi connectivity index (χ1) is 9.13. The predicted octanol–water partition coefficient (Wildman–Crippen LogP) is 2.42. The zero-order valence-electron chi connectivity index (χ0n) is 10.1. The summed E-state index contributed by atoms with van der Waals surface area (Å²) >= 11 is 5.61. The van der Waals surface area contributed by atoms with Crippen molar-refractivity contribution >= 4 is 23.1 Å². The number of rotatable bonds is 4. The Morgan fingerprint density at radius 3 is 2.68 bits per heavy atom. The Hall–Kier alpha value is -2.15. The summed E-state index contributed by atoms with van der Waals surface area (Å²) in [5, 5.41) is 2.66. The fourth-order valence-corrected chi connectivity index (χ4v) is 1.48. The van der Waals surface area contributed by atoms with E-state index >= 15 is 0 Å². The first kappa shape index (κ1) is 13.3. The molecule has 0 fully saturated rings. The summed E-state index contributed by atoms with van der Waals surface area (Å²) in [6.45, 7) is 0. The highest BCUT2D eigenvalue weighted by atomic mass is 35.5. The fraction of sp³-hybridized carbons (Fsp3) is 0.182. The van der Waals surface area contributed by atoms with Crippen molar-refractivity contribution in [2.45, 2.75) is 0 Å². The summed E-state index contributed by atoms with van der Waals surface area (Å²) in [6.07, 6.45) is 0.973. The van der Waals surface area contributed by atoms with Gasteiger partial charge in [0.25, 0.3) is 0 Å². The van der Waals surface area contributed by atoms with Crippen molar-refractivity contribution in [3.63, 3.8) is 0 Å². The largest absolute Gasteiger partial charge is 0.481 e. The molecule has 0 aliphatic rings. The quantitative estimate of drug-likeness (QED) is 0.870. The molecule has 0 saturated heterocycles. The first-order valence-electron chi connectivity index (χ1n) is 5.18. The smallest absolute Gasteiger partial charge is 0.240 e. The number of aromatic nitrogens is 3. The lowest BCUT2D eigenvalue weighted by Crippen LogP contribution is -2.02. The van der Waals surface area contributed by atoms with Crippen LogP contribution in [0.3, 0.4) is 0 Å². The number of pyridine rings is 1. The van der Waals surface area contributed by atoms with E-state index in [4.69, 9.17) is 21.1 Å². The molecular weight excluding hydrogens is 275 g/mol. The summed E-state index contributed by atoms with van der Waals surface area (Å²) < 4.78 is 23.5. The van der Waals surface area contributed by atoms with Crippen LogP contribution in [-0.2, 0) is 0 Å². The molecule has 6 nitrogen and oxygen atoms in total. The Bertz CT molecular complexity index is 597. The molecule has 2 aromatic heterocycles. The van der Waals surface area contributed by atoms with Gasteiger partial charge in [-0.25, -0.2) is 9.37 Å². The van der Waals surface area contributed by atoms with Gasteiger partial charge in [-0.1, -0.05) is 0 Å². The van der Waals surface area contributed by atoms with Gasteiger partial charge in [-0.2, -0.15) is 9.97 Å². The number of hydrogen-bond donors (Lipinski definition) is 1. The number of nitrogens with zero attached hydrogens (tertiary/aromatic N) is 3. The molecule has 0 bridgehead atoms. The second-order valence-electron chi connectivity index (χ2n) is 3.37. The first-order valence-corrected chi connectivity index (χ1v) is 5.56. The lowest BCUT2D eigenvalue weighted by molar-refractivity contribution is 0.366. The number of methoxy groups -OCH3 is 2. The van der Waals surface area contributed by atoms with Gasteiger partial charge < -0.3 is 14.8 Å². The number of hydrogen-bond acceptors (Lipinski definition) is 6. The third kappa shape index (κ3) is 3.00. The average Bonchev–Trinajstić information content (AvgIpc) is 2.43. The summed E-state index contributed by atoms with van der Waals surface area (Å²) in [4.78, 5) is 11.3. The van der Waals surface area contributed by atoms with Crippen molar-refractivity contribution in [3.05, 3.63) is 29.4 Å². The van der Waals surface area contributed by atoms with Crippen LogP contribution in [-0.4, -0.2) is 29.2 Å². The molecule has 0 radical (unpaired) electrons. The van der Waals surface area contributed by atoms with E-state index in [2.05, 4.69) is 20.3 Å². The van der Waals surface area contributed by atoms with Gasteiger partial charge in [0.1, 0.15) is 5.69 Å². The predicted molar refractivity (Wildman–Crippen MR) is 67.6 cm³/mol. The Morgan fingerprint density at radius 1 is 1.21 bits per heavy atom. The molecule has 2 rings (SSSR count). The van der Waals surface area contributed by atoms with Crippen molar-refractivity contribution in [1.29, 1.82) is 0 Å². The molecule has 2 heterocycles. The van der Waals surface area contributed by atoms with E-state index in [0.29, 0.717) is 11.6 Å². The number of halogens is 2. The van der Waals surface area contributed by atoms with Crippen molar-refractivity contribution in [2.75, 3.05) is 19.5 Å². The van der Waals surface area contributed by atoms with Crippen LogP contribution in [0.25, 0.3) is 0 Å². The van der Waals surface area contributed by atoms with E-state index in [1.54, 1.807) is 12.1 Å². The monoisotopic (exact) mass is 284 g/mol. The molecule has 0 spiro atoms. The fourth-order valence-electron chi connectivity index (χ4n) is 1.35. The normalized spacial score (nSPS) is 10.1. The Kier molecular flexibility index (Phi) is 3.96. The van der Waals surface area contributed by atoms with Gasteiger partial charge in [0.2, 0.25) is 17.0 Å². The highest BCUT2D eigenvalue weighted by Crippen LogP contribution is 2.28. The Balaban J connectivity index is 2.35. The SMILES string of the molecule is COc1ccc(Nc2nc(Cl)ncc2F)c(OC)n1. The summed E-state index contributed by atoms with van der Waals surface area (Å²) in [7, 11) is 2.93. The van der Waals surface area contributed by atoms with E-state index in [-0.39, 0.29) is 17.0 Å². The van der Waals surface area contributed by atoms with Gasteiger partial charge in [0.05, 0.1) is 20.4 Å². The van der Waals surface area contributed by atoms with Crippen molar-refractivity contribution < 1.29 is 13.9 Å². The van der Waals surface area contributed by atoms with Gasteiger partial charge in [-0.05, 0) is 17.7 Å². The summed E-state index contributed by atoms with van der Waals surface area (Å²) in [5.41, 5.74) is 0.428. The molecule has 100 valence electrons. The lowest BCUT2D eigenvalue weighted by atomic mass is 10.4. The molecule has 1 N–H and O–H groups in total. The van der Waals surface area contributed by atoms with E-state index in [1.165, 1.54) is 14.2 Å². The van der Waals surface area contributed by atoms with Gasteiger partial charge in [-0.15, -0.1) is 0 Å². The van der Waals surface area contributed by atoms with E-state index in [0.717, 1.165) is 6.20 Å². The highest BCUT2D eigenvalue weighted by molar-refractivity contribution is 6.28. The van der Waals surface area contributed by atoms with E-state index < -0.39 is 5.82 Å². The van der Waals surface area contributed by atoms with Gasteiger partial charge in [0.15, 0.2) is 11.6 Å². The van der Waals surface area contributed by atoms with Crippen LogP contribution in [0.2, 0.25) is 5.28 Å². The number of nitrogens with one attached hydrogen (secondary N) is 1.